The molecule has 0 fully saturated rings. The summed E-state index contributed by atoms with van der Waals surface area (Å²) in [6.45, 7) is 0.840. The van der Waals surface area contributed by atoms with Crippen molar-refractivity contribution in [3.8, 4) is 11.4 Å². The number of nitrogens with one attached hydrogen (secondary N) is 2. The molecular weight excluding hydrogens is 388 g/mol. The van der Waals surface area contributed by atoms with Crippen LogP contribution in [0.2, 0.25) is 0 Å². The number of hydrogen-bond donors (Lipinski definition) is 2. The van der Waals surface area contributed by atoms with Gasteiger partial charge in [0.25, 0.3) is 10.0 Å². The topological polar surface area (TPSA) is 106 Å². The summed E-state index contributed by atoms with van der Waals surface area (Å²) in [5.74, 6) is 1.65. The predicted octanol–water partition coefficient (Wildman–Crippen LogP) is 3.35. The third-order valence-electron chi connectivity index (χ3n) is 5.22. The number of rotatable bonds is 4. The first-order chi connectivity index (χ1) is 14.1. The molecule has 0 unspecified atom stereocenters. The number of aryl methyl sites for hydroxylation is 1. The van der Waals surface area contributed by atoms with E-state index in [9.17, 15) is 8.42 Å². The molecule has 0 saturated carbocycles. The summed E-state index contributed by atoms with van der Waals surface area (Å²) < 4.78 is 31.1. The Labute approximate surface area is 168 Å². The highest BCUT2D eigenvalue weighted by Gasteiger charge is 2.23. The van der Waals surface area contributed by atoms with E-state index in [1.165, 1.54) is 6.20 Å². The molecule has 1 aromatic carbocycles. The van der Waals surface area contributed by atoms with Crippen molar-refractivity contribution in [3.05, 3.63) is 54.6 Å². The van der Waals surface area contributed by atoms with Crippen molar-refractivity contribution >= 4 is 26.7 Å². The molecule has 9 heteroatoms. The molecule has 5 rings (SSSR count). The fourth-order valence-electron chi connectivity index (χ4n) is 3.80. The zero-order chi connectivity index (χ0) is 19.8. The lowest BCUT2D eigenvalue weighted by Crippen LogP contribution is -2.14. The number of benzene rings is 1. The van der Waals surface area contributed by atoms with Crippen molar-refractivity contribution in [2.75, 3.05) is 4.72 Å². The van der Waals surface area contributed by atoms with Gasteiger partial charge >= 0.3 is 0 Å². The average molecular weight is 408 g/mol. The summed E-state index contributed by atoms with van der Waals surface area (Å²) in [6.07, 6.45) is 7.30. The molecule has 29 heavy (non-hydrogen) atoms. The summed E-state index contributed by atoms with van der Waals surface area (Å²) in [5.41, 5.74) is 1.73. The van der Waals surface area contributed by atoms with E-state index >= 15 is 0 Å². The zero-order valence-electron chi connectivity index (χ0n) is 15.7. The lowest BCUT2D eigenvalue weighted by atomic mass is 10.1. The number of aromatic amines is 1. The van der Waals surface area contributed by atoms with E-state index < -0.39 is 10.0 Å². The minimum atomic E-state index is -3.82. The highest BCUT2D eigenvalue weighted by Crippen LogP contribution is 2.31. The van der Waals surface area contributed by atoms with Crippen LogP contribution in [-0.2, 0) is 23.0 Å². The van der Waals surface area contributed by atoms with Crippen LogP contribution in [-0.4, -0.2) is 33.2 Å². The maximum Gasteiger partial charge on any atom is 0.264 e. The van der Waals surface area contributed by atoms with Gasteiger partial charge in [0.2, 0.25) is 0 Å². The summed E-state index contributed by atoms with van der Waals surface area (Å²) in [4.78, 5) is 7.24. The maximum atomic E-state index is 13.1. The van der Waals surface area contributed by atoms with Crippen LogP contribution in [0.3, 0.4) is 0 Å². The molecule has 0 spiro atoms. The lowest BCUT2D eigenvalue weighted by Gasteiger charge is -2.13. The first-order valence-corrected chi connectivity index (χ1v) is 11.1. The van der Waals surface area contributed by atoms with Crippen molar-refractivity contribution in [1.82, 2.24) is 24.7 Å². The Hall–Kier alpha value is -3.20. The van der Waals surface area contributed by atoms with E-state index in [4.69, 9.17) is 0 Å². The number of hydrogen-bond acceptors (Lipinski definition) is 5. The quantitative estimate of drug-likeness (QED) is 0.539. The Morgan fingerprint density at radius 1 is 1.03 bits per heavy atom. The van der Waals surface area contributed by atoms with Gasteiger partial charge < -0.3 is 9.55 Å². The number of H-pyrrole nitrogens is 1. The Morgan fingerprint density at radius 3 is 2.86 bits per heavy atom. The molecule has 1 aliphatic heterocycles. The second-order valence-corrected chi connectivity index (χ2v) is 8.76. The second kappa shape index (κ2) is 7.00. The van der Waals surface area contributed by atoms with E-state index in [-0.39, 0.29) is 4.90 Å². The van der Waals surface area contributed by atoms with Gasteiger partial charge in [-0.05, 0) is 37.1 Å². The van der Waals surface area contributed by atoms with Gasteiger partial charge in [-0.15, -0.1) is 10.2 Å². The van der Waals surface area contributed by atoms with Gasteiger partial charge in [-0.25, -0.2) is 13.4 Å². The summed E-state index contributed by atoms with van der Waals surface area (Å²) >= 11 is 0. The van der Waals surface area contributed by atoms with E-state index in [1.807, 2.05) is 12.1 Å². The second-order valence-electron chi connectivity index (χ2n) is 7.11. The molecule has 0 amide bonds. The zero-order valence-corrected chi connectivity index (χ0v) is 16.5. The summed E-state index contributed by atoms with van der Waals surface area (Å²) in [7, 11) is -3.82. The smallest absolute Gasteiger partial charge is 0.264 e. The number of fused-ring (bicyclic) bond motifs is 2. The Morgan fingerprint density at radius 2 is 1.93 bits per heavy atom. The van der Waals surface area contributed by atoms with Crippen LogP contribution >= 0.6 is 0 Å². The Kier molecular flexibility index (Phi) is 4.31. The number of para-hydroxylation sites is 1. The lowest BCUT2D eigenvalue weighted by molar-refractivity contribution is 0.602. The molecule has 0 saturated heterocycles. The molecule has 0 aliphatic carbocycles. The third kappa shape index (κ3) is 3.17. The van der Waals surface area contributed by atoms with Crippen molar-refractivity contribution in [2.24, 2.45) is 0 Å². The maximum absolute atomic E-state index is 13.1. The van der Waals surface area contributed by atoms with Gasteiger partial charge in [-0.1, -0.05) is 18.6 Å². The van der Waals surface area contributed by atoms with Crippen LogP contribution in [0.25, 0.3) is 22.4 Å². The first-order valence-electron chi connectivity index (χ1n) is 9.60. The number of sulfonamides is 1. The molecule has 2 N–H and O–H groups in total. The van der Waals surface area contributed by atoms with Gasteiger partial charge in [0.1, 0.15) is 16.4 Å². The SMILES string of the molecule is O=S(=O)(Nc1ccccc1-c1nnc2n1CCCCC2)c1c[nH]c2ncccc12. The molecule has 1 aliphatic rings. The first kappa shape index (κ1) is 17.9. The molecule has 0 radical (unpaired) electrons. The summed E-state index contributed by atoms with van der Waals surface area (Å²) in [6, 6.07) is 10.8. The summed E-state index contributed by atoms with van der Waals surface area (Å²) in [5, 5.41) is 9.27. The predicted molar refractivity (Wildman–Crippen MR) is 110 cm³/mol. The fourth-order valence-corrected chi connectivity index (χ4v) is 5.05. The standard InChI is InChI=1S/C20H20N6O2S/c27-29(28,17-13-22-19-15(17)8-6-11-21-19)25-16-9-4-3-7-14(16)20-24-23-18-10-2-1-5-12-26(18)20/h3-4,6-9,11,13,25H,1-2,5,10,12H2,(H,21,22). The van der Waals surface area contributed by atoms with Crippen LogP contribution in [0.4, 0.5) is 5.69 Å². The van der Waals surface area contributed by atoms with Gasteiger partial charge in [0.15, 0.2) is 5.82 Å². The minimum Gasteiger partial charge on any atom is -0.345 e. The number of nitrogens with zero attached hydrogens (tertiary/aromatic N) is 4. The van der Waals surface area contributed by atoms with Crippen LogP contribution in [0, 0.1) is 0 Å². The average Bonchev–Trinajstić information content (AvgIpc) is 3.26. The van der Waals surface area contributed by atoms with Crippen LogP contribution in [0.1, 0.15) is 25.1 Å². The van der Waals surface area contributed by atoms with Crippen molar-refractivity contribution < 1.29 is 8.42 Å². The number of pyridine rings is 1. The number of aromatic nitrogens is 5. The van der Waals surface area contributed by atoms with E-state index in [2.05, 4.69) is 29.5 Å². The van der Waals surface area contributed by atoms with Crippen LogP contribution in [0.5, 0.6) is 0 Å². The molecule has 8 nitrogen and oxygen atoms in total. The molecule has 4 heterocycles. The Bertz CT molecular complexity index is 1290. The molecule has 4 aromatic rings. The highest BCUT2D eigenvalue weighted by molar-refractivity contribution is 7.93. The van der Waals surface area contributed by atoms with E-state index in [0.717, 1.165) is 43.6 Å². The Balaban J connectivity index is 1.56. The van der Waals surface area contributed by atoms with Crippen molar-refractivity contribution in [3.63, 3.8) is 0 Å². The number of anilines is 1. The normalized spacial score (nSPS) is 14.5. The molecule has 0 atom stereocenters. The fraction of sp³-hybridized carbons (Fsp3) is 0.250. The molecule has 3 aromatic heterocycles. The van der Waals surface area contributed by atoms with E-state index in [1.54, 1.807) is 30.5 Å². The van der Waals surface area contributed by atoms with Gasteiger partial charge in [0, 0.05) is 36.3 Å². The highest BCUT2D eigenvalue weighted by atomic mass is 32.2. The molecule has 0 bridgehead atoms. The largest absolute Gasteiger partial charge is 0.345 e. The van der Waals surface area contributed by atoms with Gasteiger partial charge in [0.05, 0.1) is 5.69 Å². The van der Waals surface area contributed by atoms with Crippen molar-refractivity contribution in [2.45, 2.75) is 37.1 Å². The van der Waals surface area contributed by atoms with Gasteiger partial charge in [-0.3, -0.25) is 4.72 Å². The molecular formula is C20H20N6O2S. The van der Waals surface area contributed by atoms with Crippen LogP contribution < -0.4 is 4.72 Å². The van der Waals surface area contributed by atoms with E-state index in [0.29, 0.717) is 22.5 Å². The molecule has 148 valence electrons. The van der Waals surface area contributed by atoms with Crippen molar-refractivity contribution in [1.29, 1.82) is 0 Å². The monoisotopic (exact) mass is 408 g/mol. The third-order valence-corrected chi connectivity index (χ3v) is 6.63. The minimum absolute atomic E-state index is 0.162. The van der Waals surface area contributed by atoms with Gasteiger partial charge in [-0.2, -0.15) is 0 Å². The van der Waals surface area contributed by atoms with Crippen LogP contribution in [0.15, 0.2) is 53.7 Å².